The zero-order valence-corrected chi connectivity index (χ0v) is 17.7. The fourth-order valence-electron chi connectivity index (χ4n) is 2.21. The van der Waals surface area contributed by atoms with Gasteiger partial charge in [-0.05, 0) is 61.5 Å². The first-order valence-corrected chi connectivity index (χ1v) is 9.70. The molecule has 0 atom stereocenters. The number of carbonyl (C=O) groups is 2. The van der Waals surface area contributed by atoms with Crippen molar-refractivity contribution >= 4 is 40.7 Å². The van der Waals surface area contributed by atoms with E-state index in [1.165, 1.54) is 0 Å². The van der Waals surface area contributed by atoms with E-state index in [9.17, 15) is 9.59 Å². The number of para-hydroxylation sites is 1. The second-order valence-electron chi connectivity index (χ2n) is 6.00. The lowest BCUT2D eigenvalue weighted by Gasteiger charge is -2.13. The molecule has 2 aromatic rings. The molecule has 3 N–H and O–H groups in total. The molecule has 2 rings (SSSR count). The summed E-state index contributed by atoms with van der Waals surface area (Å²) in [5.74, 6) is 0.0594. The molecule has 0 aromatic heterocycles. The number of carbonyl (C=O) groups excluding carboxylic acids is 2. The van der Waals surface area contributed by atoms with Gasteiger partial charge in [-0.25, -0.2) is 0 Å². The predicted molar refractivity (Wildman–Crippen MR) is 115 cm³/mol. The Bertz CT molecular complexity index is 892. The summed E-state index contributed by atoms with van der Waals surface area (Å²) >= 11 is 11.0. The van der Waals surface area contributed by atoms with Gasteiger partial charge in [0.05, 0.1) is 12.2 Å². The lowest BCUT2D eigenvalue weighted by atomic mass is 10.2. The maximum atomic E-state index is 12.4. The Kier molecular flexibility index (Phi) is 8.69. The highest BCUT2D eigenvalue weighted by Gasteiger charge is 2.14. The summed E-state index contributed by atoms with van der Waals surface area (Å²) in [6.07, 6.45) is 0.819. The first-order chi connectivity index (χ1) is 13.9. The van der Waals surface area contributed by atoms with Crippen LogP contribution in [-0.4, -0.2) is 30.1 Å². The third-order valence-electron chi connectivity index (χ3n) is 3.64. The zero-order valence-electron chi connectivity index (χ0n) is 16.1. The van der Waals surface area contributed by atoms with Crippen molar-refractivity contribution in [3.05, 3.63) is 58.6 Å². The molecule has 0 fully saturated rings. The van der Waals surface area contributed by atoms with E-state index in [1.807, 2.05) is 13.8 Å². The lowest BCUT2D eigenvalue weighted by Crippen LogP contribution is -2.49. The number of nitrogens with one attached hydrogen (secondary N) is 3. The Balaban J connectivity index is 1.79. The van der Waals surface area contributed by atoms with Crippen molar-refractivity contribution in [2.45, 2.75) is 20.3 Å². The van der Waals surface area contributed by atoms with Crippen molar-refractivity contribution in [3.8, 4) is 11.5 Å². The molecule has 0 aliphatic rings. The maximum absolute atomic E-state index is 12.4. The fourth-order valence-corrected chi connectivity index (χ4v) is 2.47. The van der Waals surface area contributed by atoms with E-state index in [0.29, 0.717) is 28.7 Å². The molecule has 154 valence electrons. The first kappa shape index (κ1) is 22.4. The smallest absolute Gasteiger partial charge is 0.276 e. The Morgan fingerprint density at radius 2 is 1.86 bits per heavy atom. The Hall–Kier alpha value is -2.84. The van der Waals surface area contributed by atoms with Crippen molar-refractivity contribution in [1.82, 2.24) is 16.2 Å². The molecular formula is C20H22ClN3O4S. The number of hydrogen-bond acceptors (Lipinski definition) is 5. The normalized spacial score (nSPS) is 10.0. The second kappa shape index (κ2) is 11.2. The highest BCUT2D eigenvalue weighted by atomic mass is 35.5. The average molecular weight is 436 g/mol. The number of thiocarbonyl (C=S) groups is 1. The molecule has 29 heavy (non-hydrogen) atoms. The van der Waals surface area contributed by atoms with Crippen LogP contribution in [0.25, 0.3) is 0 Å². The predicted octanol–water partition coefficient (Wildman–Crippen LogP) is 3.15. The van der Waals surface area contributed by atoms with E-state index in [0.717, 1.165) is 12.0 Å². The third kappa shape index (κ3) is 7.24. The SMILES string of the molecule is CCCOc1ccccc1C(=O)NC(=S)NNC(=O)COc1ccc(Cl)c(C)c1. The Morgan fingerprint density at radius 1 is 1.10 bits per heavy atom. The quantitative estimate of drug-likeness (QED) is 0.457. The lowest BCUT2D eigenvalue weighted by molar-refractivity contribution is -0.123. The molecule has 0 radical (unpaired) electrons. The van der Waals surface area contributed by atoms with Gasteiger partial charge >= 0.3 is 0 Å². The van der Waals surface area contributed by atoms with Gasteiger partial charge in [-0.2, -0.15) is 0 Å². The molecule has 9 heteroatoms. The Morgan fingerprint density at radius 3 is 2.59 bits per heavy atom. The van der Waals surface area contributed by atoms with Crippen LogP contribution in [0.5, 0.6) is 11.5 Å². The maximum Gasteiger partial charge on any atom is 0.276 e. The Labute approximate surface area is 179 Å². The molecule has 0 heterocycles. The molecule has 0 spiro atoms. The van der Waals surface area contributed by atoms with Crippen LogP contribution in [0.3, 0.4) is 0 Å². The molecular weight excluding hydrogens is 414 g/mol. The zero-order chi connectivity index (χ0) is 21.2. The van der Waals surface area contributed by atoms with E-state index in [4.69, 9.17) is 33.3 Å². The van der Waals surface area contributed by atoms with Gasteiger partial charge in [0.15, 0.2) is 11.7 Å². The minimum Gasteiger partial charge on any atom is -0.493 e. The summed E-state index contributed by atoms with van der Waals surface area (Å²) in [6, 6.07) is 11.9. The molecule has 2 amide bonds. The van der Waals surface area contributed by atoms with Crippen LogP contribution in [0.1, 0.15) is 29.3 Å². The van der Waals surface area contributed by atoms with Gasteiger partial charge in [0.2, 0.25) is 0 Å². The van der Waals surface area contributed by atoms with Crippen LogP contribution >= 0.6 is 23.8 Å². The number of amides is 2. The molecule has 0 saturated heterocycles. The van der Waals surface area contributed by atoms with Gasteiger partial charge < -0.3 is 9.47 Å². The fraction of sp³-hybridized carbons (Fsp3) is 0.250. The van der Waals surface area contributed by atoms with Crippen molar-refractivity contribution in [1.29, 1.82) is 0 Å². The topological polar surface area (TPSA) is 88.7 Å². The van der Waals surface area contributed by atoms with Crippen molar-refractivity contribution in [2.75, 3.05) is 13.2 Å². The molecule has 0 saturated carbocycles. The third-order valence-corrected chi connectivity index (χ3v) is 4.26. The standard InChI is InChI=1S/C20H22ClN3O4S/c1-3-10-27-17-7-5-4-6-15(17)19(26)22-20(29)24-23-18(25)12-28-14-8-9-16(21)13(2)11-14/h4-9,11H,3,10,12H2,1-2H3,(H,23,25)(H2,22,24,26,29). The van der Waals surface area contributed by atoms with E-state index in [-0.39, 0.29) is 11.7 Å². The number of hydrogen-bond donors (Lipinski definition) is 3. The van der Waals surface area contributed by atoms with E-state index >= 15 is 0 Å². The number of halogens is 1. The number of ether oxygens (including phenoxy) is 2. The van der Waals surface area contributed by atoms with Crippen LogP contribution in [0.2, 0.25) is 5.02 Å². The van der Waals surface area contributed by atoms with Crippen LogP contribution in [0.15, 0.2) is 42.5 Å². The highest BCUT2D eigenvalue weighted by molar-refractivity contribution is 7.80. The number of hydrazine groups is 1. The number of rotatable bonds is 7. The van der Waals surface area contributed by atoms with Gasteiger partial charge in [0.1, 0.15) is 11.5 Å². The van der Waals surface area contributed by atoms with Crippen LogP contribution < -0.4 is 25.6 Å². The van der Waals surface area contributed by atoms with Crippen molar-refractivity contribution < 1.29 is 19.1 Å². The summed E-state index contributed by atoms with van der Waals surface area (Å²) in [5.41, 5.74) is 6.01. The summed E-state index contributed by atoms with van der Waals surface area (Å²) in [5, 5.41) is 3.04. The number of benzene rings is 2. The molecule has 7 nitrogen and oxygen atoms in total. The van der Waals surface area contributed by atoms with Crippen LogP contribution in [0, 0.1) is 6.92 Å². The molecule has 0 aliphatic heterocycles. The van der Waals surface area contributed by atoms with E-state index in [1.54, 1.807) is 42.5 Å². The summed E-state index contributed by atoms with van der Waals surface area (Å²) in [7, 11) is 0. The first-order valence-electron chi connectivity index (χ1n) is 8.91. The van der Waals surface area contributed by atoms with Gasteiger partial charge in [0, 0.05) is 5.02 Å². The minimum absolute atomic E-state index is 0.0593. The monoisotopic (exact) mass is 435 g/mol. The molecule has 0 bridgehead atoms. The van der Waals surface area contributed by atoms with Gasteiger partial charge in [-0.15, -0.1) is 0 Å². The van der Waals surface area contributed by atoms with Crippen LogP contribution in [-0.2, 0) is 4.79 Å². The van der Waals surface area contributed by atoms with E-state index < -0.39 is 11.8 Å². The minimum atomic E-state index is -0.471. The second-order valence-corrected chi connectivity index (χ2v) is 6.82. The van der Waals surface area contributed by atoms with Crippen molar-refractivity contribution in [2.24, 2.45) is 0 Å². The summed E-state index contributed by atoms with van der Waals surface area (Å²) < 4.78 is 10.9. The largest absolute Gasteiger partial charge is 0.493 e. The van der Waals surface area contributed by atoms with Gasteiger partial charge in [0.25, 0.3) is 11.8 Å². The summed E-state index contributed by atoms with van der Waals surface area (Å²) in [6.45, 7) is 4.07. The highest BCUT2D eigenvalue weighted by Crippen LogP contribution is 2.21. The molecule has 0 unspecified atom stereocenters. The van der Waals surface area contributed by atoms with Crippen molar-refractivity contribution in [3.63, 3.8) is 0 Å². The van der Waals surface area contributed by atoms with Gasteiger partial charge in [-0.3, -0.25) is 25.8 Å². The number of aryl methyl sites for hydroxylation is 1. The van der Waals surface area contributed by atoms with E-state index in [2.05, 4.69) is 16.2 Å². The van der Waals surface area contributed by atoms with Gasteiger partial charge in [-0.1, -0.05) is 30.7 Å². The summed E-state index contributed by atoms with van der Waals surface area (Å²) in [4.78, 5) is 24.3. The molecule has 0 aliphatic carbocycles. The average Bonchev–Trinajstić information content (AvgIpc) is 2.71. The van der Waals surface area contributed by atoms with Crippen LogP contribution in [0.4, 0.5) is 0 Å². The molecule has 2 aromatic carbocycles.